The van der Waals surface area contributed by atoms with Crippen LogP contribution in [-0.2, 0) is 4.79 Å². The highest BCUT2D eigenvalue weighted by molar-refractivity contribution is 5.96. The van der Waals surface area contributed by atoms with Crippen LogP contribution in [0.1, 0.15) is 31.3 Å². The standard InChI is InChI=1S/C11H19N5O2/c1-6(2)5-13-10(17)7(3)14-11(18)8-4-9(12)16-15-8/h4,6-7H,5H2,1-3H3,(H,13,17)(H,14,18)(H3,12,15,16). The van der Waals surface area contributed by atoms with Gasteiger partial charge in [0.25, 0.3) is 5.91 Å². The highest BCUT2D eigenvalue weighted by Crippen LogP contribution is 2.00. The zero-order valence-electron chi connectivity index (χ0n) is 10.8. The maximum absolute atomic E-state index is 11.7. The molecule has 0 fully saturated rings. The fraction of sp³-hybridized carbons (Fsp3) is 0.545. The number of carbonyl (C=O) groups is 2. The number of anilines is 1. The first-order chi connectivity index (χ1) is 8.40. The Morgan fingerprint density at radius 1 is 1.44 bits per heavy atom. The summed E-state index contributed by atoms with van der Waals surface area (Å²) >= 11 is 0. The lowest BCUT2D eigenvalue weighted by Crippen LogP contribution is -2.45. The van der Waals surface area contributed by atoms with Crippen LogP contribution in [0.4, 0.5) is 5.82 Å². The number of nitrogens with zero attached hydrogens (tertiary/aromatic N) is 1. The molecule has 0 saturated carbocycles. The quantitative estimate of drug-likeness (QED) is 0.586. The second kappa shape index (κ2) is 6.04. The van der Waals surface area contributed by atoms with Crippen molar-refractivity contribution in [1.29, 1.82) is 0 Å². The summed E-state index contributed by atoms with van der Waals surface area (Å²) in [7, 11) is 0. The molecule has 100 valence electrons. The summed E-state index contributed by atoms with van der Waals surface area (Å²) in [4.78, 5) is 23.3. The predicted octanol–water partition coefficient (Wildman–Crippen LogP) is -0.118. The number of aromatic amines is 1. The molecule has 1 aromatic heterocycles. The molecule has 1 unspecified atom stereocenters. The second-order valence-corrected chi connectivity index (χ2v) is 4.54. The molecule has 0 aromatic carbocycles. The van der Waals surface area contributed by atoms with E-state index in [2.05, 4.69) is 20.8 Å². The molecule has 0 spiro atoms. The number of hydrogen-bond acceptors (Lipinski definition) is 4. The van der Waals surface area contributed by atoms with Crippen LogP contribution in [0.25, 0.3) is 0 Å². The average Bonchev–Trinajstić information content (AvgIpc) is 2.72. The zero-order valence-corrected chi connectivity index (χ0v) is 10.8. The monoisotopic (exact) mass is 253 g/mol. The largest absolute Gasteiger partial charge is 0.382 e. The van der Waals surface area contributed by atoms with Crippen molar-refractivity contribution in [1.82, 2.24) is 20.8 Å². The van der Waals surface area contributed by atoms with Crippen molar-refractivity contribution in [3.63, 3.8) is 0 Å². The molecule has 1 rings (SSSR count). The SMILES string of the molecule is CC(C)CNC(=O)C(C)NC(=O)c1cc(N)n[nH]1. The van der Waals surface area contributed by atoms with Crippen LogP contribution in [0.3, 0.4) is 0 Å². The Hall–Kier alpha value is -2.05. The summed E-state index contributed by atoms with van der Waals surface area (Å²) in [5, 5.41) is 11.4. The predicted molar refractivity (Wildman–Crippen MR) is 67.8 cm³/mol. The van der Waals surface area contributed by atoms with E-state index in [4.69, 9.17) is 5.73 Å². The smallest absolute Gasteiger partial charge is 0.270 e. The van der Waals surface area contributed by atoms with Gasteiger partial charge in [0, 0.05) is 12.6 Å². The molecule has 0 aliphatic carbocycles. The zero-order chi connectivity index (χ0) is 13.7. The molecule has 18 heavy (non-hydrogen) atoms. The highest BCUT2D eigenvalue weighted by Gasteiger charge is 2.17. The molecule has 0 aliphatic rings. The number of H-pyrrole nitrogens is 1. The van der Waals surface area contributed by atoms with E-state index < -0.39 is 11.9 Å². The minimum absolute atomic E-state index is 0.218. The molecule has 1 atom stereocenters. The van der Waals surface area contributed by atoms with Crippen molar-refractivity contribution in [3.05, 3.63) is 11.8 Å². The Morgan fingerprint density at radius 3 is 2.61 bits per heavy atom. The maximum atomic E-state index is 11.7. The number of aromatic nitrogens is 2. The number of hydrogen-bond donors (Lipinski definition) is 4. The summed E-state index contributed by atoms with van der Waals surface area (Å²) in [6, 6.07) is 0.800. The normalized spacial score (nSPS) is 12.2. The van der Waals surface area contributed by atoms with Crippen LogP contribution in [0.15, 0.2) is 6.07 Å². The van der Waals surface area contributed by atoms with Gasteiger partial charge in [0.15, 0.2) is 0 Å². The van der Waals surface area contributed by atoms with Crippen LogP contribution in [0, 0.1) is 5.92 Å². The van der Waals surface area contributed by atoms with Gasteiger partial charge < -0.3 is 16.4 Å². The number of rotatable bonds is 5. The highest BCUT2D eigenvalue weighted by atomic mass is 16.2. The molecule has 7 nitrogen and oxygen atoms in total. The van der Waals surface area contributed by atoms with Crippen molar-refractivity contribution < 1.29 is 9.59 Å². The number of nitrogen functional groups attached to an aromatic ring is 1. The molecule has 1 aromatic rings. The van der Waals surface area contributed by atoms with Crippen LogP contribution >= 0.6 is 0 Å². The van der Waals surface area contributed by atoms with Gasteiger partial charge in [-0.15, -0.1) is 0 Å². The number of carbonyl (C=O) groups excluding carboxylic acids is 2. The third-order valence-corrected chi connectivity index (χ3v) is 2.27. The lowest BCUT2D eigenvalue weighted by atomic mass is 10.2. The van der Waals surface area contributed by atoms with Crippen molar-refractivity contribution in [2.45, 2.75) is 26.8 Å². The third kappa shape index (κ3) is 4.08. The van der Waals surface area contributed by atoms with Crippen molar-refractivity contribution >= 4 is 17.6 Å². The number of nitrogens with two attached hydrogens (primary N) is 1. The molecule has 5 N–H and O–H groups in total. The Kier molecular flexibility index (Phi) is 4.70. The van der Waals surface area contributed by atoms with Gasteiger partial charge in [0.2, 0.25) is 5.91 Å². The van der Waals surface area contributed by atoms with E-state index in [-0.39, 0.29) is 17.4 Å². The molecular weight excluding hydrogens is 234 g/mol. The summed E-state index contributed by atoms with van der Waals surface area (Å²) in [6.45, 7) is 6.19. The van der Waals surface area contributed by atoms with Gasteiger partial charge in [-0.1, -0.05) is 13.8 Å². The first-order valence-corrected chi connectivity index (χ1v) is 5.79. The summed E-state index contributed by atoms with van der Waals surface area (Å²) in [5.41, 5.74) is 5.62. The minimum atomic E-state index is -0.610. The van der Waals surface area contributed by atoms with Gasteiger partial charge in [-0.25, -0.2) is 0 Å². The van der Waals surface area contributed by atoms with Gasteiger partial charge in [-0.2, -0.15) is 5.10 Å². The van der Waals surface area contributed by atoms with Crippen LogP contribution in [0.2, 0.25) is 0 Å². The van der Waals surface area contributed by atoms with E-state index in [1.165, 1.54) is 6.07 Å². The summed E-state index contributed by atoms with van der Waals surface area (Å²) < 4.78 is 0. The van der Waals surface area contributed by atoms with Gasteiger partial charge >= 0.3 is 0 Å². The molecular formula is C11H19N5O2. The van der Waals surface area contributed by atoms with E-state index >= 15 is 0 Å². The topological polar surface area (TPSA) is 113 Å². The second-order valence-electron chi connectivity index (χ2n) is 4.54. The summed E-state index contributed by atoms with van der Waals surface area (Å²) in [6.07, 6.45) is 0. The van der Waals surface area contributed by atoms with Gasteiger partial charge in [0.1, 0.15) is 17.6 Å². The fourth-order valence-electron chi connectivity index (χ4n) is 1.25. The number of nitrogens with one attached hydrogen (secondary N) is 3. The van der Waals surface area contributed by atoms with E-state index in [0.29, 0.717) is 12.5 Å². The molecule has 0 aliphatic heterocycles. The Labute approximate surface area is 106 Å². The van der Waals surface area contributed by atoms with Crippen LogP contribution in [-0.4, -0.2) is 34.6 Å². The van der Waals surface area contributed by atoms with E-state index in [1.807, 2.05) is 13.8 Å². The van der Waals surface area contributed by atoms with E-state index in [9.17, 15) is 9.59 Å². The van der Waals surface area contributed by atoms with Crippen molar-refractivity contribution in [2.75, 3.05) is 12.3 Å². The number of amides is 2. The minimum Gasteiger partial charge on any atom is -0.382 e. The Morgan fingerprint density at radius 2 is 2.11 bits per heavy atom. The van der Waals surface area contributed by atoms with Crippen molar-refractivity contribution in [2.24, 2.45) is 5.92 Å². The van der Waals surface area contributed by atoms with Crippen LogP contribution < -0.4 is 16.4 Å². The Balaban J connectivity index is 2.46. The average molecular weight is 253 g/mol. The Bertz CT molecular complexity index is 427. The van der Waals surface area contributed by atoms with Crippen LogP contribution in [0.5, 0.6) is 0 Å². The van der Waals surface area contributed by atoms with Crippen molar-refractivity contribution in [3.8, 4) is 0 Å². The first-order valence-electron chi connectivity index (χ1n) is 5.79. The first kappa shape index (κ1) is 14.0. The van der Waals surface area contributed by atoms with Gasteiger partial charge in [0.05, 0.1) is 0 Å². The molecule has 0 radical (unpaired) electrons. The lowest BCUT2D eigenvalue weighted by molar-refractivity contribution is -0.122. The fourth-order valence-corrected chi connectivity index (χ4v) is 1.25. The van der Waals surface area contributed by atoms with Gasteiger partial charge in [-0.05, 0) is 12.8 Å². The van der Waals surface area contributed by atoms with Gasteiger partial charge in [-0.3, -0.25) is 14.7 Å². The molecule has 2 amide bonds. The third-order valence-electron chi connectivity index (χ3n) is 2.27. The van der Waals surface area contributed by atoms with E-state index in [0.717, 1.165) is 0 Å². The lowest BCUT2D eigenvalue weighted by Gasteiger charge is -2.14. The maximum Gasteiger partial charge on any atom is 0.270 e. The molecule has 0 bridgehead atoms. The van der Waals surface area contributed by atoms with E-state index in [1.54, 1.807) is 6.92 Å². The molecule has 7 heteroatoms. The summed E-state index contributed by atoms with van der Waals surface area (Å²) in [5.74, 6) is -0.0303. The molecule has 0 saturated heterocycles. The molecule has 1 heterocycles.